The molecule has 5 rings (SSSR count). The Bertz CT molecular complexity index is 963. The molecule has 1 aromatic carbocycles. The number of benzene rings is 1. The number of aliphatic hydroxyl groups excluding tert-OH is 1. The van der Waals surface area contributed by atoms with Crippen LogP contribution < -0.4 is 4.74 Å². The fourth-order valence-corrected chi connectivity index (χ4v) is 7.39. The Hall–Kier alpha value is -1.48. The van der Waals surface area contributed by atoms with Gasteiger partial charge in [-0.25, -0.2) is 0 Å². The maximum Gasteiger partial charge on any atom is 0.158 e. The van der Waals surface area contributed by atoms with Gasteiger partial charge in [0.25, 0.3) is 0 Å². The molecular weight excluding hydrogens is 484 g/mol. The molecule has 0 saturated carbocycles. The first-order chi connectivity index (χ1) is 16.5. The Morgan fingerprint density at radius 2 is 1.77 bits per heavy atom. The molecule has 2 aromatic rings. The molecule has 3 unspecified atom stereocenters. The van der Waals surface area contributed by atoms with Crippen molar-refractivity contribution in [2.75, 3.05) is 26.7 Å². The van der Waals surface area contributed by atoms with Crippen molar-refractivity contribution in [1.29, 1.82) is 0 Å². The van der Waals surface area contributed by atoms with E-state index in [-0.39, 0.29) is 24.7 Å². The van der Waals surface area contributed by atoms with E-state index in [1.54, 1.807) is 7.11 Å². The van der Waals surface area contributed by atoms with Gasteiger partial charge < -0.3 is 14.9 Å². The summed E-state index contributed by atoms with van der Waals surface area (Å²) in [6.07, 6.45) is 6.01. The van der Waals surface area contributed by atoms with Crippen molar-refractivity contribution in [3.8, 4) is 5.75 Å². The molecule has 6 nitrogen and oxygen atoms in total. The van der Waals surface area contributed by atoms with E-state index in [1.807, 2.05) is 41.8 Å². The minimum atomic E-state index is -0.912. The number of thiophene rings is 1. The number of aliphatic hydroxyl groups is 2. The number of fused-ring (bicyclic) bond motifs is 2. The number of carbonyl (C=O) groups is 1. The smallest absolute Gasteiger partial charge is 0.158 e. The number of hydrogen-bond donors (Lipinski definition) is 2. The lowest BCUT2D eigenvalue weighted by atomic mass is 9.87. The molecule has 35 heavy (non-hydrogen) atoms. The molecule has 3 saturated heterocycles. The Morgan fingerprint density at radius 1 is 1.11 bits per heavy atom. The van der Waals surface area contributed by atoms with Crippen LogP contribution >= 0.6 is 23.7 Å². The second-order valence-electron chi connectivity index (χ2n) is 10.2. The quantitative estimate of drug-likeness (QED) is 0.545. The molecule has 2 N–H and O–H groups in total. The Kier molecular flexibility index (Phi) is 8.57. The fourth-order valence-electron chi connectivity index (χ4n) is 6.37. The van der Waals surface area contributed by atoms with Gasteiger partial charge in [-0.05, 0) is 55.5 Å². The van der Waals surface area contributed by atoms with Crippen LogP contribution in [0.15, 0.2) is 41.8 Å². The highest BCUT2D eigenvalue weighted by molar-refractivity contribution is 7.10. The van der Waals surface area contributed by atoms with Crippen molar-refractivity contribution < 1.29 is 19.7 Å². The number of carbonyl (C=O) groups excluding carboxylic acids is 1. The summed E-state index contributed by atoms with van der Waals surface area (Å²) >= 11 is 1.52. The summed E-state index contributed by atoms with van der Waals surface area (Å²) in [6, 6.07) is 12.5. The first kappa shape index (κ1) is 26.6. The van der Waals surface area contributed by atoms with Crippen molar-refractivity contribution in [3.63, 3.8) is 0 Å². The second kappa shape index (κ2) is 11.3. The molecule has 4 atom stereocenters. The van der Waals surface area contributed by atoms with Crippen molar-refractivity contribution >= 4 is 29.5 Å². The molecule has 3 aliphatic rings. The van der Waals surface area contributed by atoms with E-state index in [0.717, 1.165) is 41.9 Å². The van der Waals surface area contributed by atoms with Crippen molar-refractivity contribution in [1.82, 2.24) is 9.80 Å². The number of rotatable bonds is 8. The van der Waals surface area contributed by atoms with Crippen LogP contribution in [0, 0.1) is 0 Å². The Morgan fingerprint density at radius 3 is 2.40 bits per heavy atom. The highest BCUT2D eigenvalue weighted by Crippen LogP contribution is 2.42. The zero-order chi connectivity index (χ0) is 23.7. The van der Waals surface area contributed by atoms with Gasteiger partial charge >= 0.3 is 0 Å². The van der Waals surface area contributed by atoms with E-state index in [1.165, 1.54) is 17.8 Å². The number of ether oxygens (including phenoxy) is 1. The Labute approximate surface area is 218 Å². The van der Waals surface area contributed by atoms with Crippen LogP contribution in [0.2, 0.25) is 0 Å². The lowest BCUT2D eigenvalue weighted by molar-refractivity contribution is -0.132. The van der Waals surface area contributed by atoms with E-state index >= 15 is 0 Å². The number of Topliss-reactive ketones (excluding diaryl/α,β-unsaturated/α-hetero) is 1. The molecule has 2 bridgehead atoms. The minimum absolute atomic E-state index is 0. The predicted molar refractivity (Wildman–Crippen MR) is 140 cm³/mol. The molecule has 1 aromatic heterocycles. The van der Waals surface area contributed by atoms with Crippen LogP contribution in [0.25, 0.3) is 0 Å². The van der Waals surface area contributed by atoms with Crippen LogP contribution in [0.3, 0.4) is 0 Å². The number of hydrogen-bond acceptors (Lipinski definition) is 7. The summed E-state index contributed by atoms with van der Waals surface area (Å²) in [5, 5.41) is 24.8. The average Bonchev–Trinajstić information content (AvgIpc) is 3.44. The summed E-state index contributed by atoms with van der Waals surface area (Å²) in [5.41, 5.74) is -0.0217. The number of piperidine rings is 2. The third-order valence-electron chi connectivity index (χ3n) is 8.19. The molecule has 3 aliphatic heterocycles. The van der Waals surface area contributed by atoms with Crippen molar-refractivity contribution in [2.45, 2.75) is 74.8 Å². The van der Waals surface area contributed by atoms with Crippen LogP contribution in [0.4, 0.5) is 0 Å². The summed E-state index contributed by atoms with van der Waals surface area (Å²) < 4.78 is 5.43. The average molecular weight is 521 g/mol. The molecule has 0 aliphatic carbocycles. The zero-order valence-corrected chi connectivity index (χ0v) is 22.0. The molecular formula is C27H37ClN2O4S. The summed E-state index contributed by atoms with van der Waals surface area (Å²) in [7, 11) is 1.63. The van der Waals surface area contributed by atoms with E-state index in [4.69, 9.17) is 4.74 Å². The molecule has 0 spiro atoms. The van der Waals surface area contributed by atoms with Crippen LogP contribution in [-0.2, 0) is 10.4 Å². The standard InChI is InChI=1S/C27H36N2O4S.ClH/c1-33-23-12-17-34-25(23)27(32)13-15-28(16-14-27)18-22(30)24(19-6-3-2-4-7-19)26(31)29-20-8-5-9-21(29)11-10-20;/h2-4,6-7,12,17,20-21,24,26,31-32H,5,8-11,13-16,18H2,1H3;1H/t20?,21?,24?,26-;/m1./s1. The van der Waals surface area contributed by atoms with Gasteiger partial charge in [0.15, 0.2) is 5.78 Å². The number of ketones is 1. The van der Waals surface area contributed by atoms with Gasteiger partial charge in [0.1, 0.15) is 17.6 Å². The Balaban J connectivity index is 0.00000289. The van der Waals surface area contributed by atoms with Crippen LogP contribution in [0.5, 0.6) is 5.75 Å². The monoisotopic (exact) mass is 520 g/mol. The number of nitrogens with zero attached hydrogens (tertiary/aromatic N) is 2. The van der Waals surface area contributed by atoms with Crippen molar-refractivity contribution in [3.05, 3.63) is 52.2 Å². The third kappa shape index (κ3) is 5.31. The van der Waals surface area contributed by atoms with Gasteiger partial charge in [0.05, 0.1) is 24.4 Å². The normalized spacial score (nSPS) is 26.0. The SMILES string of the molecule is COc1ccsc1C1(O)CCN(CC(=O)C(c2ccccc2)[C@@H](O)N2C3CCCC2CC3)CC1.Cl. The number of methoxy groups -OCH3 is 1. The molecule has 4 heterocycles. The predicted octanol–water partition coefficient (Wildman–Crippen LogP) is 4.15. The van der Waals surface area contributed by atoms with Gasteiger partial charge in [-0.3, -0.25) is 14.6 Å². The third-order valence-corrected chi connectivity index (χ3v) is 9.28. The van der Waals surface area contributed by atoms with E-state index < -0.39 is 17.7 Å². The molecule has 0 amide bonds. The van der Waals surface area contributed by atoms with Crippen molar-refractivity contribution in [2.24, 2.45) is 0 Å². The summed E-state index contributed by atoms with van der Waals surface area (Å²) in [5.74, 6) is 0.240. The minimum Gasteiger partial charge on any atom is -0.495 e. The van der Waals surface area contributed by atoms with Gasteiger partial charge in [-0.2, -0.15) is 0 Å². The first-order valence-corrected chi connectivity index (χ1v) is 13.5. The largest absolute Gasteiger partial charge is 0.495 e. The van der Waals surface area contributed by atoms with Gasteiger partial charge in [-0.1, -0.05) is 36.8 Å². The molecule has 3 fully saturated rings. The van der Waals surface area contributed by atoms with E-state index in [9.17, 15) is 15.0 Å². The summed E-state index contributed by atoms with van der Waals surface area (Å²) in [6.45, 7) is 1.56. The number of halogens is 1. The molecule has 8 heteroatoms. The zero-order valence-electron chi connectivity index (χ0n) is 20.3. The molecule has 0 radical (unpaired) electrons. The molecule has 192 valence electrons. The van der Waals surface area contributed by atoms with Gasteiger partial charge in [0, 0.05) is 25.2 Å². The highest BCUT2D eigenvalue weighted by Gasteiger charge is 2.45. The summed E-state index contributed by atoms with van der Waals surface area (Å²) in [4.78, 5) is 19.0. The van der Waals surface area contributed by atoms with Gasteiger partial charge in [-0.15, -0.1) is 23.7 Å². The number of likely N-dealkylation sites (tertiary alicyclic amines) is 1. The second-order valence-corrected chi connectivity index (χ2v) is 11.1. The fraction of sp³-hybridized carbons (Fsp3) is 0.593. The lowest BCUT2D eigenvalue weighted by Gasteiger charge is -2.42. The van der Waals surface area contributed by atoms with Gasteiger partial charge in [0.2, 0.25) is 0 Å². The van der Waals surface area contributed by atoms with Crippen LogP contribution in [-0.4, -0.2) is 70.9 Å². The highest BCUT2D eigenvalue weighted by atomic mass is 35.5. The van der Waals surface area contributed by atoms with E-state index in [0.29, 0.717) is 38.0 Å². The topological polar surface area (TPSA) is 73.2 Å². The maximum atomic E-state index is 13.7. The lowest BCUT2D eigenvalue weighted by Crippen LogP contribution is -2.52. The maximum absolute atomic E-state index is 13.7. The first-order valence-electron chi connectivity index (χ1n) is 12.6. The van der Waals surface area contributed by atoms with E-state index in [2.05, 4.69) is 9.80 Å². The van der Waals surface area contributed by atoms with Crippen LogP contribution in [0.1, 0.15) is 61.3 Å².